The molecule has 2 rings (SSSR count). The molecule has 1 amide bonds. The van der Waals surface area contributed by atoms with Crippen LogP contribution in [0.5, 0.6) is 0 Å². The fourth-order valence-electron chi connectivity index (χ4n) is 2.96. The zero-order valence-electron chi connectivity index (χ0n) is 12.6. The van der Waals surface area contributed by atoms with E-state index in [0.717, 1.165) is 31.2 Å². The van der Waals surface area contributed by atoms with Gasteiger partial charge >= 0.3 is 5.97 Å². The Hall–Kier alpha value is -1.84. The lowest BCUT2D eigenvalue weighted by molar-refractivity contribution is -0.143. The third-order valence-corrected chi connectivity index (χ3v) is 4.46. The lowest BCUT2D eigenvalue weighted by atomic mass is 9.82. The molecule has 1 aliphatic rings. The zero-order valence-corrected chi connectivity index (χ0v) is 12.6. The van der Waals surface area contributed by atoms with E-state index in [1.54, 1.807) is 0 Å². The molecule has 0 aliphatic heterocycles. The molecular formula is C17H23NO3. The third kappa shape index (κ3) is 3.43. The summed E-state index contributed by atoms with van der Waals surface area (Å²) in [6.07, 6.45) is 3.47. The summed E-state index contributed by atoms with van der Waals surface area (Å²) in [4.78, 5) is 23.9. The molecule has 0 spiro atoms. The molecule has 4 heteroatoms. The van der Waals surface area contributed by atoms with Crippen molar-refractivity contribution in [3.8, 4) is 0 Å². The third-order valence-electron chi connectivity index (χ3n) is 4.46. The van der Waals surface area contributed by atoms with Crippen LogP contribution in [0.1, 0.15) is 50.2 Å². The molecule has 2 unspecified atom stereocenters. The molecular weight excluding hydrogens is 266 g/mol. The van der Waals surface area contributed by atoms with Crippen molar-refractivity contribution in [3.63, 3.8) is 0 Å². The van der Waals surface area contributed by atoms with Gasteiger partial charge < -0.3 is 10.4 Å². The van der Waals surface area contributed by atoms with Crippen molar-refractivity contribution >= 4 is 11.9 Å². The minimum Gasteiger partial charge on any atom is -0.480 e. The van der Waals surface area contributed by atoms with Gasteiger partial charge in [-0.05, 0) is 36.3 Å². The summed E-state index contributed by atoms with van der Waals surface area (Å²) < 4.78 is 0. The topological polar surface area (TPSA) is 66.4 Å². The van der Waals surface area contributed by atoms with Gasteiger partial charge in [0.15, 0.2) is 0 Å². The maximum atomic E-state index is 12.5. The monoisotopic (exact) mass is 289 g/mol. The van der Waals surface area contributed by atoms with Crippen LogP contribution >= 0.6 is 0 Å². The first-order chi connectivity index (χ1) is 10.0. The number of carbonyl (C=O) groups is 2. The van der Waals surface area contributed by atoms with Gasteiger partial charge in [0, 0.05) is 0 Å². The molecule has 1 aromatic rings. The van der Waals surface area contributed by atoms with Gasteiger partial charge in [0.1, 0.15) is 6.04 Å². The Labute approximate surface area is 125 Å². The Morgan fingerprint density at radius 3 is 2.76 bits per heavy atom. The van der Waals surface area contributed by atoms with Crippen molar-refractivity contribution in [2.75, 3.05) is 0 Å². The second-order valence-electron chi connectivity index (χ2n) is 5.85. The number of aryl methyl sites for hydroxylation is 1. The fraction of sp³-hybridized carbons (Fsp3) is 0.529. The van der Waals surface area contributed by atoms with Crippen LogP contribution in [0.2, 0.25) is 0 Å². The molecule has 1 aliphatic carbocycles. The van der Waals surface area contributed by atoms with Gasteiger partial charge in [0.05, 0.1) is 5.92 Å². The smallest absolute Gasteiger partial charge is 0.326 e. The first-order valence-corrected chi connectivity index (χ1v) is 7.65. The Kier molecular flexibility index (Phi) is 4.99. The van der Waals surface area contributed by atoms with E-state index in [1.807, 2.05) is 32.0 Å². The molecule has 21 heavy (non-hydrogen) atoms. The van der Waals surface area contributed by atoms with Gasteiger partial charge in [-0.2, -0.15) is 0 Å². The van der Waals surface area contributed by atoms with Gasteiger partial charge in [0.25, 0.3) is 0 Å². The van der Waals surface area contributed by atoms with Crippen molar-refractivity contribution in [1.82, 2.24) is 5.32 Å². The molecule has 0 heterocycles. The molecule has 0 aromatic heterocycles. The minimum absolute atomic E-state index is 0.0784. The van der Waals surface area contributed by atoms with Crippen molar-refractivity contribution in [2.24, 2.45) is 5.92 Å². The van der Waals surface area contributed by atoms with Gasteiger partial charge in [-0.3, -0.25) is 4.79 Å². The molecule has 1 aromatic carbocycles. The van der Waals surface area contributed by atoms with Crippen LogP contribution in [0.15, 0.2) is 24.3 Å². The largest absolute Gasteiger partial charge is 0.480 e. The lowest BCUT2D eigenvalue weighted by Crippen LogP contribution is -2.47. The van der Waals surface area contributed by atoms with E-state index in [1.165, 1.54) is 5.56 Å². The molecule has 4 nitrogen and oxygen atoms in total. The van der Waals surface area contributed by atoms with E-state index < -0.39 is 12.0 Å². The van der Waals surface area contributed by atoms with E-state index in [-0.39, 0.29) is 17.7 Å². The van der Waals surface area contributed by atoms with E-state index >= 15 is 0 Å². The van der Waals surface area contributed by atoms with Gasteiger partial charge in [-0.1, -0.05) is 44.5 Å². The number of hydrogen-bond donors (Lipinski definition) is 2. The number of hydrogen-bond acceptors (Lipinski definition) is 2. The first kappa shape index (κ1) is 15.5. The SMILES string of the molecule is CCC(C)[C@H](NC(=O)C1CCCc2ccccc21)C(=O)O. The average molecular weight is 289 g/mol. The zero-order chi connectivity index (χ0) is 15.4. The van der Waals surface area contributed by atoms with E-state index in [4.69, 9.17) is 0 Å². The number of rotatable bonds is 5. The summed E-state index contributed by atoms with van der Waals surface area (Å²) in [5, 5.41) is 12.0. The van der Waals surface area contributed by atoms with Crippen LogP contribution in [-0.4, -0.2) is 23.0 Å². The fourth-order valence-corrected chi connectivity index (χ4v) is 2.96. The highest BCUT2D eigenvalue weighted by Gasteiger charge is 2.31. The van der Waals surface area contributed by atoms with Crippen molar-refractivity contribution < 1.29 is 14.7 Å². The van der Waals surface area contributed by atoms with E-state index in [9.17, 15) is 14.7 Å². The van der Waals surface area contributed by atoms with Crippen LogP contribution in [0.3, 0.4) is 0 Å². The quantitative estimate of drug-likeness (QED) is 0.876. The maximum absolute atomic E-state index is 12.5. The summed E-state index contributed by atoms with van der Waals surface area (Å²) in [5.41, 5.74) is 2.26. The van der Waals surface area contributed by atoms with Crippen LogP contribution in [-0.2, 0) is 16.0 Å². The summed E-state index contributed by atoms with van der Waals surface area (Å²) in [6.45, 7) is 3.79. The first-order valence-electron chi connectivity index (χ1n) is 7.65. The van der Waals surface area contributed by atoms with Gasteiger partial charge in [0.2, 0.25) is 5.91 Å². The number of amides is 1. The predicted octanol–water partition coefficient (Wildman–Crippen LogP) is 2.72. The van der Waals surface area contributed by atoms with Crippen molar-refractivity contribution in [3.05, 3.63) is 35.4 Å². The number of benzene rings is 1. The highest BCUT2D eigenvalue weighted by molar-refractivity contribution is 5.88. The summed E-state index contributed by atoms with van der Waals surface area (Å²) >= 11 is 0. The number of carboxylic acid groups (broad SMARTS) is 1. The standard InChI is InChI=1S/C17H23NO3/c1-3-11(2)15(17(20)21)18-16(19)14-10-6-8-12-7-4-5-9-13(12)14/h4-5,7,9,11,14-15H,3,6,8,10H2,1-2H3,(H,18,19)(H,20,21)/t11?,14?,15-/m0/s1. The Bertz CT molecular complexity index is 527. The normalized spacial score (nSPS) is 20.2. The van der Waals surface area contributed by atoms with Gasteiger partial charge in [-0.25, -0.2) is 4.79 Å². The van der Waals surface area contributed by atoms with Crippen LogP contribution in [0, 0.1) is 5.92 Å². The van der Waals surface area contributed by atoms with E-state index in [0.29, 0.717) is 0 Å². The van der Waals surface area contributed by atoms with Gasteiger partial charge in [-0.15, -0.1) is 0 Å². The molecule has 0 fully saturated rings. The van der Waals surface area contributed by atoms with Crippen molar-refractivity contribution in [1.29, 1.82) is 0 Å². The van der Waals surface area contributed by atoms with Crippen LogP contribution in [0.25, 0.3) is 0 Å². The number of fused-ring (bicyclic) bond motifs is 1. The number of carboxylic acids is 1. The second-order valence-corrected chi connectivity index (χ2v) is 5.85. The van der Waals surface area contributed by atoms with Crippen LogP contribution < -0.4 is 5.32 Å². The van der Waals surface area contributed by atoms with Crippen LogP contribution in [0.4, 0.5) is 0 Å². The number of nitrogens with one attached hydrogen (secondary N) is 1. The summed E-state index contributed by atoms with van der Waals surface area (Å²) in [5.74, 6) is -1.41. The summed E-state index contributed by atoms with van der Waals surface area (Å²) in [7, 11) is 0. The average Bonchev–Trinajstić information content (AvgIpc) is 2.50. The maximum Gasteiger partial charge on any atom is 0.326 e. The second kappa shape index (κ2) is 6.74. The molecule has 3 atom stereocenters. The highest BCUT2D eigenvalue weighted by Crippen LogP contribution is 2.31. The molecule has 2 N–H and O–H groups in total. The molecule has 0 radical (unpaired) electrons. The molecule has 0 saturated heterocycles. The summed E-state index contributed by atoms with van der Waals surface area (Å²) in [6, 6.07) is 7.15. The van der Waals surface area contributed by atoms with Crippen molar-refractivity contribution in [2.45, 2.75) is 51.5 Å². The van der Waals surface area contributed by atoms with E-state index in [2.05, 4.69) is 11.4 Å². The Morgan fingerprint density at radius 1 is 1.38 bits per heavy atom. The molecule has 0 saturated carbocycles. The Morgan fingerprint density at radius 2 is 2.10 bits per heavy atom. The Balaban J connectivity index is 2.15. The minimum atomic E-state index is -0.957. The molecule has 0 bridgehead atoms. The predicted molar refractivity (Wildman–Crippen MR) is 81.1 cm³/mol. The number of aliphatic carboxylic acids is 1. The highest BCUT2D eigenvalue weighted by atomic mass is 16.4. The lowest BCUT2D eigenvalue weighted by Gasteiger charge is -2.27. The number of carbonyl (C=O) groups excluding carboxylic acids is 1. The molecule has 114 valence electrons.